The summed E-state index contributed by atoms with van der Waals surface area (Å²) in [7, 11) is 0. The van der Waals surface area contributed by atoms with Gasteiger partial charge in [-0.2, -0.15) is 24.4 Å². The second-order valence-corrected chi connectivity index (χ2v) is 8.56. The van der Waals surface area contributed by atoms with Crippen molar-refractivity contribution in [1.82, 2.24) is 16.0 Å². The third-order valence-corrected chi connectivity index (χ3v) is 5.39. The molecule has 0 saturated carbocycles. The number of carbonyl (C=O) groups excluding carboxylic acids is 4. The van der Waals surface area contributed by atoms with E-state index >= 15 is 0 Å². The van der Waals surface area contributed by atoms with E-state index in [0.717, 1.165) is 0 Å². The number of aliphatic imine (C=N–C) groups is 1. The third-order valence-electron chi connectivity index (χ3n) is 4.38. The molecule has 0 fully saturated rings. The molecule has 4 unspecified atom stereocenters. The van der Waals surface area contributed by atoms with Crippen LogP contribution in [0.5, 0.6) is 0 Å². The molecule has 4 amide bonds. The summed E-state index contributed by atoms with van der Waals surface area (Å²) in [6, 6.07) is -4.81. The van der Waals surface area contributed by atoms with Gasteiger partial charge in [-0.3, -0.25) is 24.2 Å². The van der Waals surface area contributed by atoms with Gasteiger partial charge in [0.2, 0.25) is 23.6 Å². The van der Waals surface area contributed by atoms with E-state index < -0.39 is 60.2 Å². The van der Waals surface area contributed by atoms with Crippen LogP contribution in [-0.2, 0) is 24.0 Å². The highest BCUT2D eigenvalue weighted by Crippen LogP contribution is 2.04. The number of carbonyl (C=O) groups is 5. The third kappa shape index (κ3) is 13.1. The second-order valence-electron chi connectivity index (χ2n) is 7.21. The molecule has 0 aromatic carbocycles. The van der Waals surface area contributed by atoms with Crippen molar-refractivity contribution < 1.29 is 29.1 Å². The summed E-state index contributed by atoms with van der Waals surface area (Å²) in [5, 5.41) is 16.3. The molecule has 0 bridgehead atoms. The van der Waals surface area contributed by atoms with E-state index in [1.807, 2.05) is 0 Å². The normalized spacial score (nSPS) is 14.1. The number of primary amides is 1. The molecule has 4 atom stereocenters. The van der Waals surface area contributed by atoms with E-state index in [0.29, 0.717) is 12.2 Å². The fraction of sp³-hybridized carbons (Fsp3) is 0.667. The van der Waals surface area contributed by atoms with E-state index in [4.69, 9.17) is 22.9 Å². The molecule has 0 rings (SSSR count). The molecule has 0 aliphatic rings. The SMILES string of the molecule is CSCCC(NC(=O)C(CC(N)=O)NC(=O)C(CS)NC(=O)C(N)CCCN=C(N)N)C(=O)O. The summed E-state index contributed by atoms with van der Waals surface area (Å²) in [6.07, 6.45) is 1.99. The first-order valence-electron chi connectivity index (χ1n) is 10.3. The van der Waals surface area contributed by atoms with Crippen LogP contribution in [0.3, 0.4) is 0 Å². The molecule has 0 aromatic heterocycles. The van der Waals surface area contributed by atoms with Crippen molar-refractivity contribution >= 4 is 59.9 Å². The predicted octanol–water partition coefficient (Wildman–Crippen LogP) is -3.54. The van der Waals surface area contributed by atoms with E-state index in [1.165, 1.54) is 11.8 Å². The maximum Gasteiger partial charge on any atom is 0.326 e. The number of carboxylic acids is 1. The standard InChI is InChI=1S/C18H34N8O6S2/c1-34-6-4-10(17(31)32)24-15(29)11(7-13(20)27)25-16(30)12(8-33)26-14(28)9(19)3-2-5-23-18(21)22/h9-12,33H,2-8,19H2,1H3,(H2,20,27)(H,24,29)(H,25,30)(H,26,28)(H,31,32)(H4,21,22,23). The van der Waals surface area contributed by atoms with Crippen molar-refractivity contribution in [1.29, 1.82) is 0 Å². The highest BCUT2D eigenvalue weighted by molar-refractivity contribution is 7.98. The molecule has 34 heavy (non-hydrogen) atoms. The molecule has 0 spiro atoms. The molecule has 0 aliphatic carbocycles. The smallest absolute Gasteiger partial charge is 0.326 e. The zero-order valence-electron chi connectivity index (χ0n) is 18.9. The Hall–Kier alpha value is -2.72. The molecular formula is C18H34N8O6S2. The molecule has 0 aliphatic heterocycles. The minimum absolute atomic E-state index is 0.0849. The number of thiol groups is 1. The van der Waals surface area contributed by atoms with Crippen LogP contribution < -0.4 is 38.9 Å². The first-order valence-corrected chi connectivity index (χ1v) is 12.3. The van der Waals surface area contributed by atoms with Crippen molar-refractivity contribution in [3.05, 3.63) is 0 Å². The van der Waals surface area contributed by atoms with Crippen LogP contribution in [-0.4, -0.2) is 89.1 Å². The zero-order valence-corrected chi connectivity index (χ0v) is 20.6. The van der Waals surface area contributed by atoms with Crippen molar-refractivity contribution in [3.63, 3.8) is 0 Å². The number of amides is 4. The average molecular weight is 523 g/mol. The van der Waals surface area contributed by atoms with E-state index in [-0.39, 0.29) is 31.1 Å². The number of nitrogens with zero attached hydrogens (tertiary/aromatic N) is 1. The molecule has 0 heterocycles. The molecule has 16 heteroatoms. The molecule has 194 valence electrons. The van der Waals surface area contributed by atoms with Crippen LogP contribution in [0.1, 0.15) is 25.7 Å². The van der Waals surface area contributed by atoms with Gasteiger partial charge in [0.25, 0.3) is 0 Å². The Morgan fingerprint density at radius 2 is 1.50 bits per heavy atom. The Labute approximate surface area is 207 Å². The maximum atomic E-state index is 12.6. The predicted molar refractivity (Wildman–Crippen MR) is 132 cm³/mol. The van der Waals surface area contributed by atoms with Crippen LogP contribution in [0.15, 0.2) is 4.99 Å². The lowest BCUT2D eigenvalue weighted by Crippen LogP contribution is -2.58. The Balaban J connectivity index is 5.13. The molecule has 0 radical (unpaired) electrons. The summed E-state index contributed by atoms with van der Waals surface area (Å²) >= 11 is 5.43. The second kappa shape index (κ2) is 16.8. The van der Waals surface area contributed by atoms with Gasteiger partial charge in [0.1, 0.15) is 18.1 Å². The Morgan fingerprint density at radius 1 is 0.941 bits per heavy atom. The fourth-order valence-electron chi connectivity index (χ4n) is 2.57. The van der Waals surface area contributed by atoms with Crippen molar-refractivity contribution in [2.24, 2.45) is 27.9 Å². The lowest BCUT2D eigenvalue weighted by molar-refractivity contribution is -0.142. The number of nitrogens with one attached hydrogen (secondary N) is 3. The van der Waals surface area contributed by atoms with Gasteiger partial charge in [-0.15, -0.1) is 0 Å². The summed E-state index contributed by atoms with van der Waals surface area (Å²) in [6.45, 7) is 0.276. The van der Waals surface area contributed by atoms with Crippen LogP contribution in [0.4, 0.5) is 0 Å². The van der Waals surface area contributed by atoms with Crippen LogP contribution in [0.25, 0.3) is 0 Å². The van der Waals surface area contributed by atoms with Gasteiger partial charge >= 0.3 is 5.97 Å². The van der Waals surface area contributed by atoms with Gasteiger partial charge < -0.3 is 44.0 Å². The summed E-state index contributed by atoms with van der Waals surface area (Å²) in [5.74, 6) is -4.30. The van der Waals surface area contributed by atoms with Gasteiger partial charge in [-0.25, -0.2) is 4.79 Å². The van der Waals surface area contributed by atoms with Crippen molar-refractivity contribution in [2.75, 3.05) is 24.3 Å². The zero-order chi connectivity index (χ0) is 26.3. The van der Waals surface area contributed by atoms with Crippen LogP contribution >= 0.6 is 24.4 Å². The van der Waals surface area contributed by atoms with Gasteiger partial charge in [-0.05, 0) is 31.3 Å². The Morgan fingerprint density at radius 3 is 2.00 bits per heavy atom. The molecule has 0 aromatic rings. The lowest BCUT2D eigenvalue weighted by Gasteiger charge is -2.24. The molecular weight excluding hydrogens is 488 g/mol. The largest absolute Gasteiger partial charge is 0.480 e. The highest BCUT2D eigenvalue weighted by Gasteiger charge is 2.30. The van der Waals surface area contributed by atoms with Crippen LogP contribution in [0.2, 0.25) is 0 Å². The first kappa shape index (κ1) is 31.3. The van der Waals surface area contributed by atoms with E-state index in [9.17, 15) is 29.1 Å². The number of aliphatic carboxylic acids is 1. The molecule has 0 saturated heterocycles. The number of rotatable bonds is 17. The number of carboxylic acid groups (broad SMARTS) is 1. The number of hydrogen-bond acceptors (Lipinski definition) is 9. The van der Waals surface area contributed by atoms with Crippen molar-refractivity contribution in [3.8, 4) is 0 Å². The quantitative estimate of drug-likeness (QED) is 0.0393. The number of thioether (sulfide) groups is 1. The average Bonchev–Trinajstić information content (AvgIpc) is 2.75. The number of hydrogen-bond donors (Lipinski definition) is 9. The summed E-state index contributed by atoms with van der Waals surface area (Å²) < 4.78 is 0. The highest BCUT2D eigenvalue weighted by atomic mass is 32.2. The minimum Gasteiger partial charge on any atom is -0.480 e. The Kier molecular flexibility index (Phi) is 15.5. The molecule has 12 N–H and O–H groups in total. The molecule has 14 nitrogen and oxygen atoms in total. The summed E-state index contributed by atoms with van der Waals surface area (Å²) in [4.78, 5) is 64.1. The lowest BCUT2D eigenvalue weighted by atomic mass is 10.1. The fourth-order valence-corrected chi connectivity index (χ4v) is 3.30. The topological polar surface area (TPSA) is 258 Å². The maximum absolute atomic E-state index is 12.6. The van der Waals surface area contributed by atoms with Gasteiger partial charge in [-0.1, -0.05) is 0 Å². The van der Waals surface area contributed by atoms with Gasteiger partial charge in [0, 0.05) is 12.3 Å². The monoisotopic (exact) mass is 522 g/mol. The summed E-state index contributed by atoms with van der Waals surface area (Å²) in [5.41, 5.74) is 21.4. The van der Waals surface area contributed by atoms with Gasteiger partial charge in [0.15, 0.2) is 5.96 Å². The van der Waals surface area contributed by atoms with Crippen LogP contribution in [0, 0.1) is 0 Å². The minimum atomic E-state index is -1.45. The number of nitrogens with two attached hydrogens (primary N) is 4. The first-order chi connectivity index (χ1) is 15.9. The Bertz CT molecular complexity index is 750. The van der Waals surface area contributed by atoms with Crippen molar-refractivity contribution in [2.45, 2.75) is 49.9 Å². The number of guanidine groups is 1. The van der Waals surface area contributed by atoms with E-state index in [2.05, 4.69) is 33.6 Å². The van der Waals surface area contributed by atoms with E-state index in [1.54, 1.807) is 6.26 Å². The van der Waals surface area contributed by atoms with Gasteiger partial charge in [0.05, 0.1) is 12.5 Å².